The van der Waals surface area contributed by atoms with E-state index in [0.29, 0.717) is 0 Å². The molecule has 10 aromatic carbocycles. The van der Waals surface area contributed by atoms with E-state index >= 15 is 0 Å². The second-order valence-electron chi connectivity index (χ2n) is 14.4. The van der Waals surface area contributed by atoms with Gasteiger partial charge < -0.3 is 8.83 Å². The Hall–Kier alpha value is -7.16. The minimum Gasteiger partial charge on any atom is -0.456 e. The molecule has 250 valence electrons. The van der Waals surface area contributed by atoms with Crippen LogP contribution in [0, 0.1) is 0 Å². The Balaban J connectivity index is 1.04. The van der Waals surface area contributed by atoms with E-state index in [9.17, 15) is 0 Å². The molecular formula is C52H30O2. The van der Waals surface area contributed by atoms with Gasteiger partial charge in [-0.1, -0.05) is 146 Å². The molecule has 12 rings (SSSR count). The molecule has 0 amide bonds. The molecule has 0 fully saturated rings. The first-order chi connectivity index (χ1) is 26.8. The third-order valence-electron chi connectivity index (χ3n) is 11.4. The zero-order valence-electron chi connectivity index (χ0n) is 29.1. The zero-order valence-corrected chi connectivity index (χ0v) is 29.1. The van der Waals surface area contributed by atoms with E-state index in [2.05, 4.69) is 182 Å². The van der Waals surface area contributed by atoms with Crippen LogP contribution in [0.25, 0.3) is 120 Å². The van der Waals surface area contributed by atoms with Gasteiger partial charge in [0.2, 0.25) is 0 Å². The summed E-state index contributed by atoms with van der Waals surface area (Å²) >= 11 is 0. The molecular weight excluding hydrogens is 657 g/mol. The van der Waals surface area contributed by atoms with Crippen LogP contribution in [0.15, 0.2) is 191 Å². The predicted molar refractivity (Wildman–Crippen MR) is 227 cm³/mol. The van der Waals surface area contributed by atoms with Crippen molar-refractivity contribution in [2.45, 2.75) is 0 Å². The van der Waals surface area contributed by atoms with Gasteiger partial charge in [0.15, 0.2) is 0 Å². The van der Waals surface area contributed by atoms with Gasteiger partial charge >= 0.3 is 0 Å². The lowest BCUT2D eigenvalue weighted by Crippen LogP contribution is -1.91. The first kappa shape index (κ1) is 29.4. The maximum absolute atomic E-state index is 6.52. The molecule has 0 aliphatic rings. The Morgan fingerprint density at radius 1 is 0.278 bits per heavy atom. The quantitative estimate of drug-likeness (QED) is 0.173. The van der Waals surface area contributed by atoms with Gasteiger partial charge in [-0.05, 0) is 107 Å². The van der Waals surface area contributed by atoms with Crippen LogP contribution in [-0.2, 0) is 0 Å². The summed E-state index contributed by atoms with van der Waals surface area (Å²) in [6, 6.07) is 65.7. The zero-order chi connectivity index (χ0) is 35.3. The van der Waals surface area contributed by atoms with E-state index in [0.717, 1.165) is 49.3 Å². The molecule has 0 atom stereocenters. The number of hydrogen-bond acceptors (Lipinski definition) is 2. The summed E-state index contributed by atoms with van der Waals surface area (Å²) in [7, 11) is 0. The molecule has 0 N–H and O–H groups in total. The molecule has 0 spiro atoms. The molecule has 0 bridgehead atoms. The lowest BCUT2D eigenvalue weighted by molar-refractivity contribution is 0.669. The van der Waals surface area contributed by atoms with E-state index in [1.54, 1.807) is 0 Å². The third-order valence-corrected chi connectivity index (χ3v) is 11.4. The average molecular weight is 687 g/mol. The Labute approximate surface area is 310 Å². The molecule has 0 saturated carbocycles. The third kappa shape index (κ3) is 4.22. The van der Waals surface area contributed by atoms with Crippen LogP contribution in [0.3, 0.4) is 0 Å². The summed E-state index contributed by atoms with van der Waals surface area (Å²) in [5.74, 6) is 0. The van der Waals surface area contributed by atoms with Gasteiger partial charge in [0.25, 0.3) is 0 Å². The monoisotopic (exact) mass is 686 g/mol. The standard InChI is InChI=1S/C52H30O2/c1-2-12-35-30-48-45(28-34(35)11-1)44-29-36(25-27-46(44)53-48)50-41-16-7-5-14-39(41)49(40-15-6-8-17-42(40)50)33-22-20-32(21-23-33)37-18-9-19-47-51(37)43-26-24-31-10-3-4-13-38(31)52(43)54-47/h1-30H. The Kier molecular flexibility index (Phi) is 6.09. The molecule has 0 radical (unpaired) electrons. The van der Waals surface area contributed by atoms with Crippen LogP contribution in [0.1, 0.15) is 0 Å². The van der Waals surface area contributed by atoms with Crippen molar-refractivity contribution in [1.82, 2.24) is 0 Å². The van der Waals surface area contributed by atoms with E-state index in [1.807, 2.05) is 0 Å². The number of furan rings is 2. The molecule has 0 aliphatic carbocycles. The second kappa shape index (κ2) is 11.2. The average Bonchev–Trinajstić information content (AvgIpc) is 3.80. The Morgan fingerprint density at radius 2 is 0.852 bits per heavy atom. The van der Waals surface area contributed by atoms with Gasteiger partial charge in [-0.25, -0.2) is 0 Å². The minimum atomic E-state index is 0.904. The first-order valence-electron chi connectivity index (χ1n) is 18.5. The molecule has 2 nitrogen and oxygen atoms in total. The predicted octanol–water partition coefficient (Wildman–Crippen LogP) is 15.1. The second-order valence-corrected chi connectivity index (χ2v) is 14.4. The maximum Gasteiger partial charge on any atom is 0.143 e. The summed E-state index contributed by atoms with van der Waals surface area (Å²) in [6.07, 6.45) is 0. The minimum absolute atomic E-state index is 0.904. The molecule has 0 aliphatic heterocycles. The molecule has 2 heterocycles. The first-order valence-corrected chi connectivity index (χ1v) is 18.5. The molecule has 54 heavy (non-hydrogen) atoms. The molecule has 12 aromatic rings. The summed E-state index contributed by atoms with van der Waals surface area (Å²) in [6.45, 7) is 0. The number of hydrogen-bond donors (Lipinski definition) is 0. The largest absolute Gasteiger partial charge is 0.456 e. The highest BCUT2D eigenvalue weighted by Crippen LogP contribution is 2.46. The van der Waals surface area contributed by atoms with Crippen molar-refractivity contribution in [2.75, 3.05) is 0 Å². The van der Waals surface area contributed by atoms with E-state index < -0.39 is 0 Å². The van der Waals surface area contributed by atoms with Crippen molar-refractivity contribution in [3.05, 3.63) is 182 Å². The van der Waals surface area contributed by atoms with Gasteiger partial charge in [0, 0.05) is 26.9 Å². The fourth-order valence-corrected chi connectivity index (χ4v) is 8.98. The van der Waals surface area contributed by atoms with Gasteiger partial charge in [0.05, 0.1) is 0 Å². The highest BCUT2D eigenvalue weighted by atomic mass is 16.3. The Morgan fingerprint density at radius 3 is 1.57 bits per heavy atom. The van der Waals surface area contributed by atoms with Crippen LogP contribution in [0.4, 0.5) is 0 Å². The van der Waals surface area contributed by atoms with Crippen LogP contribution < -0.4 is 0 Å². The van der Waals surface area contributed by atoms with Gasteiger partial charge in [0.1, 0.15) is 22.3 Å². The lowest BCUT2D eigenvalue weighted by Gasteiger charge is -2.18. The van der Waals surface area contributed by atoms with Crippen molar-refractivity contribution in [3.63, 3.8) is 0 Å². The van der Waals surface area contributed by atoms with Gasteiger partial charge in [-0.2, -0.15) is 0 Å². The summed E-state index contributed by atoms with van der Waals surface area (Å²) in [5.41, 5.74) is 10.9. The van der Waals surface area contributed by atoms with Crippen molar-refractivity contribution in [1.29, 1.82) is 0 Å². The SMILES string of the molecule is c1ccc2cc3c(cc2c1)oc1ccc(-c2c4ccccc4c(-c4ccc(-c5cccc6oc7c8ccccc8ccc7c56)cc4)c4ccccc24)cc13. The summed E-state index contributed by atoms with van der Waals surface area (Å²) in [4.78, 5) is 0. The topological polar surface area (TPSA) is 26.3 Å². The van der Waals surface area contributed by atoms with Gasteiger partial charge in [-0.15, -0.1) is 0 Å². The summed E-state index contributed by atoms with van der Waals surface area (Å²) in [5, 5.41) is 14.2. The van der Waals surface area contributed by atoms with E-state index in [-0.39, 0.29) is 0 Å². The van der Waals surface area contributed by atoms with E-state index in [1.165, 1.54) is 71.1 Å². The molecule has 0 unspecified atom stereocenters. The van der Waals surface area contributed by atoms with Crippen molar-refractivity contribution < 1.29 is 8.83 Å². The highest BCUT2D eigenvalue weighted by Gasteiger charge is 2.19. The van der Waals surface area contributed by atoms with Crippen LogP contribution >= 0.6 is 0 Å². The highest BCUT2D eigenvalue weighted by molar-refractivity contribution is 6.23. The fourth-order valence-electron chi connectivity index (χ4n) is 8.98. The van der Waals surface area contributed by atoms with Crippen LogP contribution in [-0.4, -0.2) is 0 Å². The van der Waals surface area contributed by atoms with Crippen LogP contribution in [0.2, 0.25) is 0 Å². The van der Waals surface area contributed by atoms with E-state index in [4.69, 9.17) is 8.83 Å². The van der Waals surface area contributed by atoms with Gasteiger partial charge in [-0.3, -0.25) is 0 Å². The lowest BCUT2D eigenvalue weighted by atomic mass is 9.85. The van der Waals surface area contributed by atoms with Crippen LogP contribution in [0.5, 0.6) is 0 Å². The Bertz CT molecular complexity index is 3430. The molecule has 2 heteroatoms. The maximum atomic E-state index is 6.52. The molecule has 0 saturated heterocycles. The summed E-state index contributed by atoms with van der Waals surface area (Å²) < 4.78 is 12.9. The fraction of sp³-hybridized carbons (Fsp3) is 0. The van der Waals surface area contributed by atoms with Crippen molar-refractivity contribution >= 4 is 87.0 Å². The number of benzene rings is 10. The number of rotatable bonds is 3. The normalized spacial score (nSPS) is 12.1. The van der Waals surface area contributed by atoms with Crippen molar-refractivity contribution in [3.8, 4) is 33.4 Å². The molecule has 2 aromatic heterocycles. The smallest absolute Gasteiger partial charge is 0.143 e. The van der Waals surface area contributed by atoms with Crippen molar-refractivity contribution in [2.24, 2.45) is 0 Å². The number of fused-ring (bicyclic) bond motifs is 11.